The summed E-state index contributed by atoms with van der Waals surface area (Å²) in [6.07, 6.45) is -46.6. The van der Waals surface area contributed by atoms with Gasteiger partial charge in [0, 0.05) is 0 Å². The third-order valence-electron chi connectivity index (χ3n) is 11.6. The molecule has 5 saturated heterocycles. The van der Waals surface area contributed by atoms with Crippen LogP contribution in [0.15, 0.2) is 24.3 Å². The van der Waals surface area contributed by atoms with Gasteiger partial charge in [0.05, 0.1) is 40.1 Å². The van der Waals surface area contributed by atoms with Gasteiger partial charge in [0.25, 0.3) is 0 Å². The molecule has 16 N–H and O–H groups in total. The quantitative estimate of drug-likeness (QED) is 0.0732. The van der Waals surface area contributed by atoms with Crippen molar-refractivity contribution in [2.24, 2.45) is 0 Å². The lowest BCUT2D eigenvalue weighted by atomic mass is 9.95. The molecule has 1 aromatic rings. The SMILES string of the molecule is COc1ccc(O[C@H]2O[C@H](CO)[C@@H](O)[C@H](O)[C@@H]2O[C@H]2O[C@H](CO)[C@@H](O)[C@H](O[C@H]3O[C@H](CO)[C@@H](O)[C@H](O[C@H]4O[C@H](CO)[C@@H](O)[C@H](O[C@H]5O[C@H](CO)[C@@H](O)[C@H](O)[C@@H]5O)[C@@H]4O)[C@@H]3O)[C@@H]2O)cc1. The number of rotatable bonds is 16. The zero-order valence-electron chi connectivity index (χ0n) is 33.9. The number of aliphatic hydroxyl groups is 16. The first-order chi connectivity index (χ1) is 30.5. The van der Waals surface area contributed by atoms with Crippen molar-refractivity contribution in [1.82, 2.24) is 0 Å². The van der Waals surface area contributed by atoms with Crippen LogP contribution in [0, 0.1) is 0 Å². The molecule has 0 radical (unpaired) electrons. The minimum atomic E-state index is -2.19. The monoisotopic (exact) mass is 934 g/mol. The van der Waals surface area contributed by atoms with E-state index in [2.05, 4.69) is 0 Å². The third-order valence-corrected chi connectivity index (χ3v) is 11.6. The summed E-state index contributed by atoms with van der Waals surface area (Å²) in [7, 11) is 1.43. The molecule has 25 atom stereocenters. The lowest BCUT2D eigenvalue weighted by Crippen LogP contribution is -2.68. The molecule has 0 aliphatic carbocycles. The van der Waals surface area contributed by atoms with E-state index in [1.54, 1.807) is 0 Å². The molecule has 368 valence electrons. The van der Waals surface area contributed by atoms with Crippen molar-refractivity contribution in [3.63, 3.8) is 0 Å². The zero-order valence-corrected chi connectivity index (χ0v) is 33.9. The fraction of sp³-hybridized carbons (Fsp3) is 0.838. The van der Waals surface area contributed by atoms with Crippen LogP contribution >= 0.6 is 0 Å². The van der Waals surface area contributed by atoms with E-state index in [4.69, 9.17) is 52.1 Å². The van der Waals surface area contributed by atoms with Crippen LogP contribution < -0.4 is 9.47 Å². The van der Waals surface area contributed by atoms with E-state index in [1.165, 1.54) is 31.4 Å². The number of ether oxygens (including phenoxy) is 11. The topological polar surface area (TPSA) is 425 Å². The Bertz CT molecular complexity index is 1560. The van der Waals surface area contributed by atoms with Gasteiger partial charge in [-0.1, -0.05) is 0 Å². The minimum Gasteiger partial charge on any atom is -0.497 e. The van der Waals surface area contributed by atoms with Crippen molar-refractivity contribution in [3.8, 4) is 11.5 Å². The highest BCUT2D eigenvalue weighted by Crippen LogP contribution is 2.36. The molecular weight excluding hydrogens is 876 g/mol. The highest BCUT2D eigenvalue weighted by molar-refractivity contribution is 5.31. The van der Waals surface area contributed by atoms with Crippen LogP contribution in [0.3, 0.4) is 0 Å². The average Bonchev–Trinajstić information content (AvgIpc) is 3.29. The van der Waals surface area contributed by atoms with Gasteiger partial charge < -0.3 is 134 Å². The standard InChI is InChI=1S/C37H58O27/c1-54-11-2-4-12(5-3-11)55-37-32(24(49)19(44)14(7-39)60-37)64-36-28(53)31(22(47)17(10-42)59-36)63-35-27(52)30(21(46)16(9-41)58-35)62-34-26(51)29(20(45)15(8-40)57-34)61-33-25(50)23(48)18(43)13(6-38)56-33/h2-5,13-53H,6-10H2,1H3/t13-,14-,15-,16-,17-,18-,19-,20-,21-,22-,23+,24+,25+,26+,27+,28+,29+,30+,31+,32+,33-,34-,35-,36-,37+/m1/s1. The molecule has 0 saturated carbocycles. The molecule has 0 unspecified atom stereocenters. The molecule has 5 fully saturated rings. The van der Waals surface area contributed by atoms with E-state index < -0.39 is 187 Å². The fourth-order valence-electron chi connectivity index (χ4n) is 7.86. The van der Waals surface area contributed by atoms with Crippen molar-refractivity contribution < 1.29 is 134 Å². The fourth-order valence-corrected chi connectivity index (χ4v) is 7.86. The van der Waals surface area contributed by atoms with Crippen LogP contribution in [-0.2, 0) is 42.6 Å². The van der Waals surface area contributed by atoms with E-state index in [9.17, 15) is 81.7 Å². The highest BCUT2D eigenvalue weighted by atomic mass is 16.8. The van der Waals surface area contributed by atoms with Crippen molar-refractivity contribution in [2.45, 2.75) is 154 Å². The second-order valence-electron chi connectivity index (χ2n) is 15.7. The van der Waals surface area contributed by atoms with Crippen molar-refractivity contribution in [3.05, 3.63) is 24.3 Å². The number of hydrogen-bond donors (Lipinski definition) is 16. The Morgan fingerprint density at radius 3 is 1.00 bits per heavy atom. The summed E-state index contributed by atoms with van der Waals surface area (Å²) in [5.74, 6) is 0.599. The summed E-state index contributed by atoms with van der Waals surface area (Å²) in [6.45, 7) is -4.51. The summed E-state index contributed by atoms with van der Waals surface area (Å²) in [5, 5.41) is 170. The van der Waals surface area contributed by atoms with Crippen LogP contribution in [0.4, 0.5) is 0 Å². The van der Waals surface area contributed by atoms with Crippen LogP contribution in [0.25, 0.3) is 0 Å². The van der Waals surface area contributed by atoms with E-state index >= 15 is 0 Å². The average molecular weight is 935 g/mol. The Morgan fingerprint density at radius 2 is 0.641 bits per heavy atom. The Kier molecular flexibility index (Phi) is 17.8. The van der Waals surface area contributed by atoms with Gasteiger partial charge >= 0.3 is 0 Å². The second-order valence-corrected chi connectivity index (χ2v) is 15.7. The van der Waals surface area contributed by atoms with Crippen LogP contribution in [-0.4, -0.2) is 275 Å². The maximum atomic E-state index is 11.6. The van der Waals surface area contributed by atoms with E-state index in [1.807, 2.05) is 0 Å². The molecule has 6 rings (SSSR count). The Hall–Kier alpha value is -2.18. The predicted molar refractivity (Wildman–Crippen MR) is 198 cm³/mol. The first-order valence-electron chi connectivity index (χ1n) is 20.2. The van der Waals surface area contributed by atoms with Gasteiger partial charge in [0.15, 0.2) is 31.3 Å². The lowest BCUT2D eigenvalue weighted by molar-refractivity contribution is -0.395. The molecule has 0 aromatic heterocycles. The van der Waals surface area contributed by atoms with E-state index in [0.29, 0.717) is 5.75 Å². The third kappa shape index (κ3) is 10.6. The summed E-state index contributed by atoms with van der Waals surface area (Å²) in [6, 6.07) is 5.99. The largest absolute Gasteiger partial charge is 0.497 e. The first-order valence-corrected chi connectivity index (χ1v) is 20.2. The summed E-state index contributed by atoms with van der Waals surface area (Å²) < 4.78 is 61.7. The number of aliphatic hydroxyl groups excluding tert-OH is 16. The molecule has 5 aliphatic heterocycles. The van der Waals surface area contributed by atoms with Gasteiger partial charge in [-0.15, -0.1) is 0 Å². The van der Waals surface area contributed by atoms with Gasteiger partial charge in [-0.3, -0.25) is 0 Å². The van der Waals surface area contributed by atoms with Gasteiger partial charge in [-0.25, -0.2) is 0 Å². The molecule has 1 aromatic carbocycles. The van der Waals surface area contributed by atoms with Gasteiger partial charge in [0.1, 0.15) is 127 Å². The lowest BCUT2D eigenvalue weighted by Gasteiger charge is -2.49. The number of methoxy groups -OCH3 is 1. The zero-order chi connectivity index (χ0) is 46.7. The highest BCUT2D eigenvalue weighted by Gasteiger charge is 2.57. The summed E-state index contributed by atoms with van der Waals surface area (Å²) in [4.78, 5) is 0. The van der Waals surface area contributed by atoms with Gasteiger partial charge in [-0.2, -0.15) is 0 Å². The summed E-state index contributed by atoms with van der Waals surface area (Å²) in [5.41, 5.74) is 0. The van der Waals surface area contributed by atoms with Crippen LogP contribution in [0.2, 0.25) is 0 Å². The van der Waals surface area contributed by atoms with Crippen LogP contribution in [0.1, 0.15) is 0 Å². The minimum absolute atomic E-state index is 0.140. The van der Waals surface area contributed by atoms with Crippen molar-refractivity contribution >= 4 is 0 Å². The Balaban J connectivity index is 1.20. The predicted octanol–water partition coefficient (Wildman–Crippen LogP) is -9.83. The van der Waals surface area contributed by atoms with Crippen molar-refractivity contribution in [2.75, 3.05) is 40.1 Å². The molecule has 64 heavy (non-hydrogen) atoms. The number of benzene rings is 1. The maximum Gasteiger partial charge on any atom is 0.229 e. The van der Waals surface area contributed by atoms with E-state index in [0.717, 1.165) is 0 Å². The van der Waals surface area contributed by atoms with Crippen LogP contribution in [0.5, 0.6) is 11.5 Å². The number of hydrogen-bond acceptors (Lipinski definition) is 27. The molecule has 0 amide bonds. The first kappa shape index (κ1) is 51.2. The normalized spacial score (nSPS) is 47.9. The molecule has 5 aliphatic rings. The van der Waals surface area contributed by atoms with Crippen molar-refractivity contribution in [1.29, 1.82) is 0 Å². The Labute approximate surface area is 363 Å². The Morgan fingerprint density at radius 1 is 0.344 bits per heavy atom. The molecule has 27 heteroatoms. The molecule has 27 nitrogen and oxygen atoms in total. The summed E-state index contributed by atoms with van der Waals surface area (Å²) >= 11 is 0. The van der Waals surface area contributed by atoms with E-state index in [-0.39, 0.29) is 5.75 Å². The second kappa shape index (κ2) is 22.3. The molecular formula is C37H58O27. The van der Waals surface area contributed by atoms with Gasteiger partial charge in [0.2, 0.25) is 6.29 Å². The molecule has 0 spiro atoms. The molecule has 0 bridgehead atoms. The maximum absolute atomic E-state index is 11.6. The van der Waals surface area contributed by atoms with Gasteiger partial charge in [-0.05, 0) is 24.3 Å². The molecule has 5 heterocycles. The smallest absolute Gasteiger partial charge is 0.229 e.